The van der Waals surface area contributed by atoms with E-state index in [-0.39, 0.29) is 15.8 Å². The molecule has 1 aromatic carbocycles. The van der Waals surface area contributed by atoms with Crippen molar-refractivity contribution in [2.24, 2.45) is 5.73 Å². The summed E-state index contributed by atoms with van der Waals surface area (Å²) in [6.45, 7) is 0. The highest BCUT2D eigenvalue weighted by atomic mass is 35.5. The van der Waals surface area contributed by atoms with Gasteiger partial charge in [0.05, 0.1) is 0 Å². The highest BCUT2D eigenvalue weighted by molar-refractivity contribution is 7.87. The molecule has 0 unspecified atom stereocenters. The van der Waals surface area contributed by atoms with Gasteiger partial charge in [-0.25, -0.2) is 4.79 Å². The Labute approximate surface area is 96.5 Å². The lowest BCUT2D eigenvalue weighted by Gasteiger charge is -2.02. The first-order valence-electron chi connectivity index (χ1n) is 3.41. The summed E-state index contributed by atoms with van der Waals surface area (Å²) in [4.78, 5) is 10.1. The van der Waals surface area contributed by atoms with E-state index in [1.54, 1.807) is 0 Å². The molecule has 0 saturated carbocycles. The van der Waals surface area contributed by atoms with Crippen LogP contribution in [0.15, 0.2) is 29.2 Å². The van der Waals surface area contributed by atoms with Crippen LogP contribution in [0.25, 0.3) is 0 Å². The fraction of sp³-hybridized carbons (Fsp3) is 0. The Kier molecular flexibility index (Phi) is 6.70. The average molecular weight is 272 g/mol. The number of primary amides is 1. The molecule has 6 N–H and O–H groups in total. The second-order valence-electron chi connectivity index (χ2n) is 2.31. The van der Waals surface area contributed by atoms with Gasteiger partial charge in [0, 0.05) is 5.02 Å². The van der Waals surface area contributed by atoms with Gasteiger partial charge in [0.15, 0.2) is 0 Å². The SMILES string of the molecule is NC(=O)OS(=O)(=O)c1ccc(Cl)cc1.O.O. The number of carbonyl (C=O) groups is 1. The summed E-state index contributed by atoms with van der Waals surface area (Å²) < 4.78 is 26.3. The molecule has 0 radical (unpaired) electrons. The second kappa shape index (κ2) is 6.28. The lowest BCUT2D eigenvalue weighted by atomic mass is 10.4. The van der Waals surface area contributed by atoms with E-state index in [1.807, 2.05) is 0 Å². The molecule has 0 heterocycles. The minimum Gasteiger partial charge on any atom is -0.412 e. The molecule has 0 aromatic heterocycles. The Balaban J connectivity index is 0. The first kappa shape index (κ1) is 17.1. The van der Waals surface area contributed by atoms with Crippen LogP contribution in [0.4, 0.5) is 4.79 Å². The minimum atomic E-state index is -4.11. The predicted octanol–water partition coefficient (Wildman–Crippen LogP) is -0.525. The summed E-state index contributed by atoms with van der Waals surface area (Å²) >= 11 is 5.54. The van der Waals surface area contributed by atoms with Crippen molar-refractivity contribution in [3.8, 4) is 0 Å². The van der Waals surface area contributed by atoms with Gasteiger partial charge in [0.2, 0.25) is 0 Å². The van der Waals surface area contributed by atoms with Crippen molar-refractivity contribution >= 4 is 27.8 Å². The van der Waals surface area contributed by atoms with E-state index >= 15 is 0 Å². The third-order valence-corrected chi connectivity index (χ3v) is 2.78. The number of rotatable bonds is 2. The average Bonchev–Trinajstić information content (AvgIpc) is 2.02. The third-order valence-electron chi connectivity index (χ3n) is 1.29. The normalized spacial score (nSPS) is 9.56. The Bertz CT molecular complexity index is 442. The van der Waals surface area contributed by atoms with Crippen LogP contribution in [0, 0.1) is 0 Å². The van der Waals surface area contributed by atoms with Gasteiger partial charge in [-0.3, -0.25) is 0 Å². The Hall–Kier alpha value is -1.35. The standard InChI is InChI=1S/C7H6ClNO4S.2H2O/c8-5-1-3-6(4-2-5)14(11,12)13-7(9)10;;/h1-4H,(H2,9,10);2*1H2. The molecule has 92 valence electrons. The predicted molar refractivity (Wildman–Crippen MR) is 56.5 cm³/mol. The van der Waals surface area contributed by atoms with Gasteiger partial charge in [-0.15, -0.1) is 0 Å². The van der Waals surface area contributed by atoms with Crippen LogP contribution in [-0.4, -0.2) is 25.5 Å². The van der Waals surface area contributed by atoms with E-state index in [1.165, 1.54) is 24.3 Å². The summed E-state index contributed by atoms with van der Waals surface area (Å²) in [5.74, 6) is 0. The number of benzene rings is 1. The molecule has 7 nitrogen and oxygen atoms in total. The van der Waals surface area contributed by atoms with Crippen LogP contribution in [0.3, 0.4) is 0 Å². The van der Waals surface area contributed by atoms with E-state index in [2.05, 4.69) is 9.92 Å². The number of hydrogen-bond donors (Lipinski definition) is 1. The van der Waals surface area contributed by atoms with Crippen molar-refractivity contribution in [1.29, 1.82) is 0 Å². The largest absolute Gasteiger partial charge is 0.420 e. The maximum absolute atomic E-state index is 11.2. The highest BCUT2D eigenvalue weighted by Crippen LogP contribution is 2.15. The van der Waals surface area contributed by atoms with Crippen LogP contribution in [-0.2, 0) is 14.3 Å². The molecule has 1 amide bonds. The molecule has 0 fully saturated rings. The first-order valence-corrected chi connectivity index (χ1v) is 5.20. The fourth-order valence-corrected chi connectivity index (χ4v) is 1.67. The van der Waals surface area contributed by atoms with Crippen molar-refractivity contribution < 1.29 is 28.3 Å². The molecule has 0 aliphatic rings. The molecule has 16 heavy (non-hydrogen) atoms. The molecule has 0 bridgehead atoms. The Morgan fingerprint density at radius 3 is 2.00 bits per heavy atom. The van der Waals surface area contributed by atoms with E-state index in [9.17, 15) is 13.2 Å². The molecule has 0 spiro atoms. The molecule has 1 rings (SSSR count). The van der Waals surface area contributed by atoms with Gasteiger partial charge >= 0.3 is 16.2 Å². The van der Waals surface area contributed by atoms with E-state index in [0.29, 0.717) is 5.02 Å². The first-order chi connectivity index (χ1) is 6.42. The van der Waals surface area contributed by atoms with Gasteiger partial charge < -0.3 is 20.9 Å². The van der Waals surface area contributed by atoms with E-state index in [4.69, 9.17) is 11.6 Å². The van der Waals surface area contributed by atoms with Gasteiger partial charge in [-0.05, 0) is 24.3 Å². The molecule has 0 atom stereocenters. The van der Waals surface area contributed by atoms with E-state index in [0.717, 1.165) is 0 Å². The van der Waals surface area contributed by atoms with E-state index < -0.39 is 16.2 Å². The molecular formula is C7H10ClNO6S. The molecule has 0 aliphatic carbocycles. The van der Waals surface area contributed by atoms with Crippen molar-refractivity contribution in [3.05, 3.63) is 29.3 Å². The Morgan fingerprint density at radius 2 is 1.62 bits per heavy atom. The zero-order valence-corrected chi connectivity index (χ0v) is 9.38. The Morgan fingerprint density at radius 1 is 1.19 bits per heavy atom. The molecule has 0 saturated heterocycles. The monoisotopic (exact) mass is 271 g/mol. The van der Waals surface area contributed by atoms with Crippen molar-refractivity contribution in [3.63, 3.8) is 0 Å². The van der Waals surface area contributed by atoms with Crippen molar-refractivity contribution in [2.75, 3.05) is 0 Å². The lowest BCUT2D eigenvalue weighted by Crippen LogP contribution is -2.18. The third kappa shape index (κ3) is 4.45. The molecule has 1 aromatic rings. The number of hydrogen-bond acceptors (Lipinski definition) is 4. The van der Waals surface area contributed by atoms with Crippen LogP contribution >= 0.6 is 11.6 Å². The van der Waals surface area contributed by atoms with Crippen LogP contribution in [0.1, 0.15) is 0 Å². The molecule has 9 heteroatoms. The molecule has 0 aliphatic heterocycles. The second-order valence-corrected chi connectivity index (χ2v) is 4.29. The maximum Gasteiger partial charge on any atom is 0.420 e. The van der Waals surface area contributed by atoms with Gasteiger partial charge in [0.1, 0.15) is 4.90 Å². The quantitative estimate of drug-likeness (QED) is 0.719. The summed E-state index contributed by atoms with van der Waals surface area (Å²) in [6.07, 6.45) is -1.38. The molecular weight excluding hydrogens is 262 g/mol. The van der Waals surface area contributed by atoms with Gasteiger partial charge in [0.25, 0.3) is 0 Å². The van der Waals surface area contributed by atoms with Gasteiger partial charge in [-0.2, -0.15) is 8.42 Å². The number of halogens is 1. The topological polar surface area (TPSA) is 149 Å². The zero-order chi connectivity index (χ0) is 10.8. The summed E-state index contributed by atoms with van der Waals surface area (Å²) in [5.41, 5.74) is 4.58. The fourth-order valence-electron chi connectivity index (χ4n) is 0.758. The van der Waals surface area contributed by atoms with Crippen LogP contribution < -0.4 is 5.73 Å². The number of nitrogens with two attached hydrogens (primary N) is 1. The summed E-state index contributed by atoms with van der Waals surface area (Å²) in [6, 6.07) is 5.14. The lowest BCUT2D eigenvalue weighted by molar-refractivity contribution is 0.212. The number of amides is 1. The van der Waals surface area contributed by atoms with Crippen LogP contribution in [0.2, 0.25) is 5.02 Å². The summed E-state index contributed by atoms with van der Waals surface area (Å²) in [5, 5.41) is 0.378. The highest BCUT2D eigenvalue weighted by Gasteiger charge is 2.17. The van der Waals surface area contributed by atoms with Crippen molar-refractivity contribution in [1.82, 2.24) is 0 Å². The maximum atomic E-state index is 11.2. The zero-order valence-electron chi connectivity index (χ0n) is 7.81. The van der Waals surface area contributed by atoms with Gasteiger partial charge in [-0.1, -0.05) is 11.6 Å². The van der Waals surface area contributed by atoms with Crippen LogP contribution in [0.5, 0.6) is 0 Å². The van der Waals surface area contributed by atoms with Crippen molar-refractivity contribution in [2.45, 2.75) is 4.90 Å². The number of carbonyl (C=O) groups excluding carboxylic acids is 1. The minimum absolute atomic E-state index is 0. The smallest absolute Gasteiger partial charge is 0.412 e. The summed E-state index contributed by atoms with van der Waals surface area (Å²) in [7, 11) is -4.11.